The van der Waals surface area contributed by atoms with Gasteiger partial charge in [0.1, 0.15) is 0 Å². The second-order valence-corrected chi connectivity index (χ2v) is 4.04. The highest BCUT2D eigenvalue weighted by atomic mass is 16.5. The molecular formula is C15H20N2O2. The van der Waals surface area contributed by atoms with Crippen LogP contribution in [0.25, 0.3) is 0 Å². The van der Waals surface area contributed by atoms with Gasteiger partial charge in [-0.1, -0.05) is 17.9 Å². The van der Waals surface area contributed by atoms with Gasteiger partial charge in [-0.3, -0.25) is 4.79 Å². The predicted octanol–water partition coefficient (Wildman–Crippen LogP) is 1.15. The van der Waals surface area contributed by atoms with E-state index in [1.807, 2.05) is 12.1 Å². The molecule has 0 unspecified atom stereocenters. The third-order valence-electron chi connectivity index (χ3n) is 2.52. The zero-order chi connectivity index (χ0) is 13.9. The molecule has 0 aromatic heterocycles. The minimum absolute atomic E-state index is 0.0752. The van der Waals surface area contributed by atoms with E-state index in [9.17, 15) is 4.79 Å². The Hall–Kier alpha value is -1.83. The molecule has 1 aromatic carbocycles. The van der Waals surface area contributed by atoms with Crippen LogP contribution in [0.4, 0.5) is 0 Å². The van der Waals surface area contributed by atoms with Gasteiger partial charge in [0.15, 0.2) is 0 Å². The van der Waals surface area contributed by atoms with Crippen molar-refractivity contribution < 1.29 is 9.53 Å². The van der Waals surface area contributed by atoms with Gasteiger partial charge in [0.2, 0.25) is 0 Å². The molecule has 0 saturated heterocycles. The third-order valence-corrected chi connectivity index (χ3v) is 2.52. The Kier molecular flexibility index (Phi) is 7.33. The maximum atomic E-state index is 11.9. The number of methoxy groups -OCH3 is 1. The number of unbranched alkanes of at least 4 members (excludes halogenated alkanes) is 1. The summed E-state index contributed by atoms with van der Waals surface area (Å²) >= 11 is 0. The molecule has 0 aliphatic rings. The standard InChI is InChI=1S/C15H20N2O2/c1-19-11-3-2-10-17-15(18)14-8-4-6-13(12-14)7-5-9-16/h4,6,8,12H,2-3,9-11,16H2,1H3,(H,17,18). The molecule has 0 aliphatic heterocycles. The number of carbonyl (C=O) groups is 1. The largest absolute Gasteiger partial charge is 0.385 e. The van der Waals surface area contributed by atoms with Crippen molar-refractivity contribution in [3.05, 3.63) is 35.4 Å². The van der Waals surface area contributed by atoms with Crippen molar-refractivity contribution in [2.45, 2.75) is 12.8 Å². The van der Waals surface area contributed by atoms with Gasteiger partial charge in [0, 0.05) is 31.4 Å². The Balaban J connectivity index is 2.48. The smallest absolute Gasteiger partial charge is 0.251 e. The lowest BCUT2D eigenvalue weighted by molar-refractivity contribution is 0.0951. The molecule has 3 N–H and O–H groups in total. The van der Waals surface area contributed by atoms with Crippen molar-refractivity contribution in [2.75, 3.05) is 26.8 Å². The highest BCUT2D eigenvalue weighted by Gasteiger charge is 2.04. The summed E-state index contributed by atoms with van der Waals surface area (Å²) in [4.78, 5) is 11.9. The summed E-state index contributed by atoms with van der Waals surface area (Å²) in [7, 11) is 1.67. The van der Waals surface area contributed by atoms with Crippen LogP contribution in [0.5, 0.6) is 0 Å². The number of amides is 1. The van der Waals surface area contributed by atoms with E-state index in [0.717, 1.165) is 25.0 Å². The summed E-state index contributed by atoms with van der Waals surface area (Å²) in [6.07, 6.45) is 1.85. The monoisotopic (exact) mass is 260 g/mol. The first kappa shape index (κ1) is 15.2. The SMILES string of the molecule is COCCCCNC(=O)c1cccc(C#CCN)c1. The molecule has 0 atom stereocenters. The molecule has 19 heavy (non-hydrogen) atoms. The molecule has 1 aromatic rings. The normalized spacial score (nSPS) is 9.58. The van der Waals surface area contributed by atoms with Crippen molar-refractivity contribution in [1.82, 2.24) is 5.32 Å². The van der Waals surface area contributed by atoms with Crippen LogP contribution in [0.1, 0.15) is 28.8 Å². The van der Waals surface area contributed by atoms with Gasteiger partial charge in [-0.05, 0) is 31.0 Å². The lowest BCUT2D eigenvalue weighted by Gasteiger charge is -2.05. The minimum Gasteiger partial charge on any atom is -0.385 e. The van der Waals surface area contributed by atoms with Crippen LogP contribution in [0.2, 0.25) is 0 Å². The topological polar surface area (TPSA) is 64.3 Å². The summed E-state index contributed by atoms with van der Waals surface area (Å²) in [5, 5.41) is 2.87. The van der Waals surface area contributed by atoms with E-state index in [2.05, 4.69) is 17.2 Å². The molecular weight excluding hydrogens is 240 g/mol. The van der Waals surface area contributed by atoms with Crippen molar-refractivity contribution in [3.63, 3.8) is 0 Å². The fraction of sp³-hybridized carbons (Fsp3) is 0.400. The van der Waals surface area contributed by atoms with Gasteiger partial charge < -0.3 is 15.8 Å². The quantitative estimate of drug-likeness (QED) is 0.596. The van der Waals surface area contributed by atoms with Crippen LogP contribution in [0, 0.1) is 11.8 Å². The molecule has 1 amide bonds. The number of hydrogen-bond acceptors (Lipinski definition) is 3. The fourth-order valence-corrected chi connectivity index (χ4v) is 1.57. The molecule has 0 bridgehead atoms. The number of ether oxygens (including phenoxy) is 1. The first-order chi connectivity index (χ1) is 9.27. The molecule has 1 rings (SSSR count). The Morgan fingerprint density at radius 2 is 2.26 bits per heavy atom. The summed E-state index contributed by atoms with van der Waals surface area (Å²) in [6.45, 7) is 1.69. The molecule has 0 fully saturated rings. The van der Waals surface area contributed by atoms with Crippen molar-refractivity contribution >= 4 is 5.91 Å². The number of hydrogen-bond donors (Lipinski definition) is 2. The van der Waals surface area contributed by atoms with Crippen molar-refractivity contribution in [1.29, 1.82) is 0 Å². The number of nitrogens with two attached hydrogens (primary N) is 1. The van der Waals surface area contributed by atoms with Crippen LogP contribution in [0.3, 0.4) is 0 Å². The summed E-state index contributed by atoms with van der Waals surface area (Å²) in [5.74, 6) is 5.61. The zero-order valence-electron chi connectivity index (χ0n) is 11.2. The lowest BCUT2D eigenvalue weighted by Crippen LogP contribution is -2.24. The number of carbonyl (C=O) groups excluding carboxylic acids is 1. The van der Waals surface area contributed by atoms with Crippen molar-refractivity contribution in [2.24, 2.45) is 5.73 Å². The Labute approximate surface area is 114 Å². The second kappa shape index (κ2) is 9.15. The number of nitrogens with one attached hydrogen (secondary N) is 1. The van der Waals surface area contributed by atoms with Gasteiger partial charge in [-0.15, -0.1) is 0 Å². The summed E-state index contributed by atoms with van der Waals surface area (Å²) in [5.41, 5.74) is 6.74. The molecule has 0 aliphatic carbocycles. The average molecular weight is 260 g/mol. The molecule has 0 heterocycles. The van der Waals surface area contributed by atoms with E-state index >= 15 is 0 Å². The van der Waals surface area contributed by atoms with Crippen LogP contribution in [-0.4, -0.2) is 32.7 Å². The summed E-state index contributed by atoms with van der Waals surface area (Å²) in [6, 6.07) is 7.23. The van der Waals surface area contributed by atoms with Crippen LogP contribution in [-0.2, 0) is 4.74 Å². The van der Waals surface area contributed by atoms with Crippen LogP contribution >= 0.6 is 0 Å². The molecule has 0 saturated carbocycles. The molecule has 0 spiro atoms. The lowest BCUT2D eigenvalue weighted by atomic mass is 10.1. The molecule has 4 heteroatoms. The number of benzene rings is 1. The highest BCUT2D eigenvalue weighted by Crippen LogP contribution is 2.04. The zero-order valence-corrected chi connectivity index (χ0v) is 11.2. The third kappa shape index (κ3) is 6.05. The first-order valence-corrected chi connectivity index (χ1v) is 6.34. The Bertz CT molecular complexity index is 461. The molecule has 0 radical (unpaired) electrons. The first-order valence-electron chi connectivity index (χ1n) is 6.34. The highest BCUT2D eigenvalue weighted by molar-refractivity contribution is 5.94. The molecule has 102 valence electrons. The minimum atomic E-state index is -0.0752. The van der Waals surface area contributed by atoms with Crippen molar-refractivity contribution in [3.8, 4) is 11.8 Å². The Morgan fingerprint density at radius 1 is 1.42 bits per heavy atom. The van der Waals surface area contributed by atoms with Gasteiger partial charge in [-0.2, -0.15) is 0 Å². The van der Waals surface area contributed by atoms with Gasteiger partial charge in [-0.25, -0.2) is 0 Å². The van der Waals surface area contributed by atoms with Gasteiger partial charge >= 0.3 is 0 Å². The number of rotatable bonds is 6. The van der Waals surface area contributed by atoms with E-state index in [-0.39, 0.29) is 5.91 Å². The Morgan fingerprint density at radius 3 is 3.00 bits per heavy atom. The van der Waals surface area contributed by atoms with Gasteiger partial charge in [0.25, 0.3) is 5.91 Å². The van der Waals surface area contributed by atoms with E-state index < -0.39 is 0 Å². The maximum Gasteiger partial charge on any atom is 0.251 e. The van der Waals surface area contributed by atoms with E-state index in [0.29, 0.717) is 18.7 Å². The van der Waals surface area contributed by atoms with Crippen LogP contribution < -0.4 is 11.1 Å². The predicted molar refractivity (Wildman–Crippen MR) is 75.8 cm³/mol. The van der Waals surface area contributed by atoms with Crippen LogP contribution in [0.15, 0.2) is 24.3 Å². The summed E-state index contributed by atoms with van der Waals surface area (Å²) < 4.78 is 4.95. The average Bonchev–Trinajstić information content (AvgIpc) is 2.45. The fourth-order valence-electron chi connectivity index (χ4n) is 1.57. The van der Waals surface area contributed by atoms with E-state index in [4.69, 9.17) is 10.5 Å². The second-order valence-electron chi connectivity index (χ2n) is 4.04. The maximum absolute atomic E-state index is 11.9. The van der Waals surface area contributed by atoms with E-state index in [1.165, 1.54) is 0 Å². The van der Waals surface area contributed by atoms with E-state index in [1.54, 1.807) is 19.2 Å². The molecule has 4 nitrogen and oxygen atoms in total. The van der Waals surface area contributed by atoms with Gasteiger partial charge in [0.05, 0.1) is 6.54 Å².